The van der Waals surface area contributed by atoms with Crippen LogP contribution in [0.25, 0.3) is 0 Å². The number of amides is 1. The van der Waals surface area contributed by atoms with Gasteiger partial charge in [-0.2, -0.15) is 0 Å². The molecule has 1 aliphatic rings. The van der Waals surface area contributed by atoms with E-state index in [4.69, 9.17) is 5.73 Å². The van der Waals surface area contributed by atoms with Crippen LogP contribution in [0.3, 0.4) is 0 Å². The zero-order valence-corrected chi connectivity index (χ0v) is 10.8. The van der Waals surface area contributed by atoms with E-state index >= 15 is 0 Å². The second-order valence-electron chi connectivity index (χ2n) is 5.09. The molecular formula is C12H21N5O. The molecule has 1 aliphatic carbocycles. The summed E-state index contributed by atoms with van der Waals surface area (Å²) in [7, 11) is 0. The van der Waals surface area contributed by atoms with Gasteiger partial charge in [-0.3, -0.25) is 9.48 Å². The van der Waals surface area contributed by atoms with Gasteiger partial charge in [0.05, 0.1) is 12.7 Å². The molecule has 6 heteroatoms. The maximum Gasteiger partial charge on any atom is 0.273 e. The number of nitrogens with two attached hydrogens (primary N) is 1. The van der Waals surface area contributed by atoms with Crippen LogP contribution in [0, 0.1) is 5.92 Å². The molecule has 1 fully saturated rings. The van der Waals surface area contributed by atoms with Crippen LogP contribution in [0.15, 0.2) is 6.20 Å². The Kier molecular flexibility index (Phi) is 4.30. The smallest absolute Gasteiger partial charge is 0.273 e. The Morgan fingerprint density at radius 2 is 2.22 bits per heavy atom. The fraction of sp³-hybridized carbons (Fsp3) is 0.750. The molecule has 0 saturated heterocycles. The van der Waals surface area contributed by atoms with E-state index in [1.54, 1.807) is 10.9 Å². The minimum Gasteiger partial charge on any atom is -0.348 e. The minimum atomic E-state index is -0.127. The first-order chi connectivity index (χ1) is 8.69. The van der Waals surface area contributed by atoms with Gasteiger partial charge in [-0.05, 0) is 31.6 Å². The molecule has 0 bridgehead atoms. The molecule has 1 heterocycles. The van der Waals surface area contributed by atoms with E-state index in [-0.39, 0.29) is 11.9 Å². The van der Waals surface area contributed by atoms with E-state index in [0.717, 1.165) is 18.8 Å². The Balaban J connectivity index is 1.86. The van der Waals surface area contributed by atoms with Crippen molar-refractivity contribution in [2.45, 2.75) is 45.2 Å². The SMILES string of the molecule is CC1CCC(NC(=O)c2cn(CCN)nn2)CC1. The van der Waals surface area contributed by atoms with Gasteiger partial charge in [0.2, 0.25) is 0 Å². The fourth-order valence-electron chi connectivity index (χ4n) is 2.31. The summed E-state index contributed by atoms with van der Waals surface area (Å²) in [6.07, 6.45) is 6.14. The maximum atomic E-state index is 12.0. The summed E-state index contributed by atoms with van der Waals surface area (Å²) in [5.74, 6) is 0.654. The first kappa shape index (κ1) is 13.0. The number of hydrogen-bond acceptors (Lipinski definition) is 4. The van der Waals surface area contributed by atoms with Crippen molar-refractivity contribution in [2.24, 2.45) is 11.7 Å². The highest BCUT2D eigenvalue weighted by Crippen LogP contribution is 2.23. The summed E-state index contributed by atoms with van der Waals surface area (Å²) in [6, 6.07) is 0.286. The van der Waals surface area contributed by atoms with Gasteiger partial charge >= 0.3 is 0 Å². The van der Waals surface area contributed by atoms with Crippen molar-refractivity contribution in [3.05, 3.63) is 11.9 Å². The summed E-state index contributed by atoms with van der Waals surface area (Å²) >= 11 is 0. The Morgan fingerprint density at radius 1 is 1.50 bits per heavy atom. The third-order valence-electron chi connectivity index (χ3n) is 3.48. The van der Waals surface area contributed by atoms with Gasteiger partial charge in [-0.15, -0.1) is 5.10 Å². The summed E-state index contributed by atoms with van der Waals surface area (Å²) in [5, 5.41) is 10.7. The Hall–Kier alpha value is -1.43. The van der Waals surface area contributed by atoms with Crippen molar-refractivity contribution in [3.8, 4) is 0 Å². The van der Waals surface area contributed by atoms with Crippen molar-refractivity contribution >= 4 is 5.91 Å². The van der Waals surface area contributed by atoms with Crippen molar-refractivity contribution in [1.29, 1.82) is 0 Å². The van der Waals surface area contributed by atoms with Gasteiger partial charge in [0, 0.05) is 12.6 Å². The number of nitrogens with zero attached hydrogens (tertiary/aromatic N) is 3. The van der Waals surface area contributed by atoms with Crippen molar-refractivity contribution in [1.82, 2.24) is 20.3 Å². The van der Waals surface area contributed by atoms with Crippen molar-refractivity contribution in [3.63, 3.8) is 0 Å². The Labute approximate surface area is 107 Å². The van der Waals surface area contributed by atoms with E-state index in [0.29, 0.717) is 18.8 Å². The third-order valence-corrected chi connectivity index (χ3v) is 3.48. The summed E-state index contributed by atoms with van der Waals surface area (Å²) < 4.78 is 1.60. The topological polar surface area (TPSA) is 85.8 Å². The minimum absolute atomic E-state index is 0.127. The van der Waals surface area contributed by atoms with Gasteiger partial charge in [-0.25, -0.2) is 0 Å². The second kappa shape index (κ2) is 5.95. The summed E-state index contributed by atoms with van der Waals surface area (Å²) in [6.45, 7) is 3.34. The third kappa shape index (κ3) is 3.29. The average Bonchev–Trinajstić information content (AvgIpc) is 2.81. The van der Waals surface area contributed by atoms with Crippen LogP contribution in [0.1, 0.15) is 43.1 Å². The summed E-state index contributed by atoms with van der Waals surface area (Å²) in [4.78, 5) is 12.0. The Morgan fingerprint density at radius 3 is 2.89 bits per heavy atom. The quantitative estimate of drug-likeness (QED) is 0.818. The molecule has 1 saturated carbocycles. The van der Waals surface area contributed by atoms with Gasteiger partial charge in [0.1, 0.15) is 0 Å². The van der Waals surface area contributed by atoms with E-state index in [2.05, 4.69) is 22.6 Å². The number of carbonyl (C=O) groups is 1. The van der Waals surface area contributed by atoms with Gasteiger partial charge in [0.25, 0.3) is 5.91 Å². The molecule has 0 radical (unpaired) electrons. The molecule has 1 aromatic rings. The van der Waals surface area contributed by atoms with E-state index in [1.165, 1.54) is 12.8 Å². The molecule has 0 atom stereocenters. The molecule has 0 spiro atoms. The lowest BCUT2D eigenvalue weighted by Gasteiger charge is -2.26. The van der Waals surface area contributed by atoms with Crippen LogP contribution in [-0.2, 0) is 6.54 Å². The molecule has 3 N–H and O–H groups in total. The molecule has 18 heavy (non-hydrogen) atoms. The lowest BCUT2D eigenvalue weighted by Crippen LogP contribution is -2.37. The standard InChI is InChI=1S/C12H21N5O/c1-9-2-4-10(5-3-9)14-12(18)11-8-17(7-6-13)16-15-11/h8-10H,2-7,13H2,1H3,(H,14,18). The molecule has 100 valence electrons. The predicted molar refractivity (Wildman–Crippen MR) is 68.0 cm³/mol. The lowest BCUT2D eigenvalue weighted by molar-refractivity contribution is 0.0918. The molecule has 0 aromatic carbocycles. The van der Waals surface area contributed by atoms with Crippen molar-refractivity contribution in [2.75, 3.05) is 6.54 Å². The number of carbonyl (C=O) groups excluding carboxylic acids is 1. The molecule has 1 aromatic heterocycles. The molecule has 6 nitrogen and oxygen atoms in total. The van der Waals surface area contributed by atoms with Crippen LogP contribution in [0.4, 0.5) is 0 Å². The van der Waals surface area contributed by atoms with Crippen LogP contribution in [0.2, 0.25) is 0 Å². The predicted octanol–water partition coefficient (Wildman–Crippen LogP) is 0.545. The maximum absolute atomic E-state index is 12.0. The molecule has 2 rings (SSSR count). The largest absolute Gasteiger partial charge is 0.348 e. The zero-order valence-electron chi connectivity index (χ0n) is 10.8. The van der Waals surface area contributed by atoms with E-state index in [9.17, 15) is 4.79 Å². The monoisotopic (exact) mass is 251 g/mol. The van der Waals surface area contributed by atoms with Gasteiger partial charge in [0.15, 0.2) is 5.69 Å². The number of nitrogens with one attached hydrogen (secondary N) is 1. The van der Waals surface area contributed by atoms with Crippen LogP contribution >= 0.6 is 0 Å². The molecular weight excluding hydrogens is 230 g/mol. The van der Waals surface area contributed by atoms with Gasteiger partial charge in [-0.1, -0.05) is 12.1 Å². The average molecular weight is 251 g/mol. The van der Waals surface area contributed by atoms with E-state index in [1.807, 2.05) is 0 Å². The number of aromatic nitrogens is 3. The first-order valence-electron chi connectivity index (χ1n) is 6.60. The van der Waals surface area contributed by atoms with Crippen molar-refractivity contribution < 1.29 is 4.79 Å². The Bertz CT molecular complexity index is 395. The highest BCUT2D eigenvalue weighted by atomic mass is 16.2. The molecule has 0 unspecified atom stereocenters. The van der Waals surface area contributed by atoms with Gasteiger partial charge < -0.3 is 11.1 Å². The van der Waals surface area contributed by atoms with Crippen LogP contribution < -0.4 is 11.1 Å². The molecule has 1 amide bonds. The first-order valence-corrected chi connectivity index (χ1v) is 6.60. The fourth-order valence-corrected chi connectivity index (χ4v) is 2.31. The second-order valence-corrected chi connectivity index (χ2v) is 5.09. The van der Waals surface area contributed by atoms with Crippen LogP contribution in [-0.4, -0.2) is 33.5 Å². The highest BCUT2D eigenvalue weighted by molar-refractivity contribution is 5.92. The molecule has 0 aliphatic heterocycles. The normalized spacial score (nSPS) is 23.9. The highest BCUT2D eigenvalue weighted by Gasteiger charge is 2.21. The number of hydrogen-bond donors (Lipinski definition) is 2. The van der Waals surface area contributed by atoms with E-state index < -0.39 is 0 Å². The van der Waals surface area contributed by atoms with Crippen LogP contribution in [0.5, 0.6) is 0 Å². The number of rotatable bonds is 4. The summed E-state index contributed by atoms with van der Waals surface area (Å²) in [5.41, 5.74) is 5.80. The lowest BCUT2D eigenvalue weighted by atomic mass is 9.87. The zero-order chi connectivity index (χ0) is 13.0.